The Balaban J connectivity index is 1.61. The lowest BCUT2D eigenvalue weighted by atomic mass is 10.1. The van der Waals surface area contributed by atoms with Crippen LogP contribution in [0.5, 0.6) is 5.75 Å². The molecular formula is C22H23FI2N2O3. The third-order valence-electron chi connectivity index (χ3n) is 5.24. The predicted octanol–water partition coefficient (Wildman–Crippen LogP) is 4.35. The van der Waals surface area contributed by atoms with Crippen molar-refractivity contribution in [3.8, 4) is 5.75 Å². The van der Waals surface area contributed by atoms with Gasteiger partial charge in [-0.05, 0) is 88.9 Å². The van der Waals surface area contributed by atoms with Crippen LogP contribution in [0.2, 0.25) is 0 Å². The van der Waals surface area contributed by atoms with E-state index in [-0.39, 0.29) is 30.4 Å². The molecule has 1 amide bonds. The van der Waals surface area contributed by atoms with Crippen molar-refractivity contribution < 1.29 is 18.7 Å². The molecule has 1 heterocycles. The van der Waals surface area contributed by atoms with Gasteiger partial charge in [0.15, 0.2) is 12.9 Å². The smallest absolute Gasteiger partial charge is 0.260 e. The maximum Gasteiger partial charge on any atom is 0.260 e. The molecule has 5 nitrogen and oxygen atoms in total. The SMILES string of the molecule is C[C@@H]1CN(C(=O)COc2c(I)cc(I)cc2C=O)[C@@H](C)CN1Cc1ccc(F)cc1. The first-order valence-corrected chi connectivity index (χ1v) is 11.8. The normalized spacial score (nSPS) is 19.6. The van der Waals surface area contributed by atoms with E-state index in [2.05, 4.69) is 57.0 Å². The van der Waals surface area contributed by atoms with Gasteiger partial charge >= 0.3 is 0 Å². The quantitative estimate of drug-likeness (QED) is 0.350. The zero-order valence-electron chi connectivity index (χ0n) is 16.8. The summed E-state index contributed by atoms with van der Waals surface area (Å²) in [6.45, 7) is 6.04. The largest absolute Gasteiger partial charge is 0.482 e. The monoisotopic (exact) mass is 636 g/mol. The summed E-state index contributed by atoms with van der Waals surface area (Å²) < 4.78 is 20.7. The summed E-state index contributed by atoms with van der Waals surface area (Å²) in [6, 6.07) is 10.4. The van der Waals surface area contributed by atoms with Crippen LogP contribution in [-0.2, 0) is 11.3 Å². The molecule has 1 aliphatic heterocycles. The maximum absolute atomic E-state index is 13.1. The zero-order chi connectivity index (χ0) is 21.8. The first-order chi connectivity index (χ1) is 14.3. The highest BCUT2D eigenvalue weighted by molar-refractivity contribution is 14.1. The number of piperazine rings is 1. The van der Waals surface area contributed by atoms with E-state index in [1.54, 1.807) is 18.2 Å². The second-order valence-corrected chi connectivity index (χ2v) is 9.92. The van der Waals surface area contributed by atoms with Crippen LogP contribution in [0, 0.1) is 13.0 Å². The van der Waals surface area contributed by atoms with Gasteiger partial charge < -0.3 is 9.64 Å². The summed E-state index contributed by atoms with van der Waals surface area (Å²) in [6.07, 6.45) is 0.753. The van der Waals surface area contributed by atoms with Crippen LogP contribution in [0.3, 0.4) is 0 Å². The summed E-state index contributed by atoms with van der Waals surface area (Å²) in [5.41, 5.74) is 1.50. The van der Waals surface area contributed by atoms with Gasteiger partial charge in [0.25, 0.3) is 5.91 Å². The third kappa shape index (κ3) is 5.70. The number of amides is 1. The molecule has 0 spiro atoms. The van der Waals surface area contributed by atoms with E-state index in [0.717, 1.165) is 25.5 Å². The first kappa shape index (κ1) is 23.4. The van der Waals surface area contributed by atoms with E-state index in [9.17, 15) is 14.0 Å². The fraction of sp³-hybridized carbons (Fsp3) is 0.364. The third-order valence-corrected chi connectivity index (χ3v) is 6.66. The number of rotatable bonds is 6. The molecule has 1 fully saturated rings. The van der Waals surface area contributed by atoms with Crippen LogP contribution in [0.15, 0.2) is 36.4 Å². The van der Waals surface area contributed by atoms with Gasteiger partial charge in [-0.25, -0.2) is 4.39 Å². The molecule has 0 bridgehead atoms. The van der Waals surface area contributed by atoms with E-state index in [1.807, 2.05) is 17.9 Å². The van der Waals surface area contributed by atoms with Crippen molar-refractivity contribution in [2.75, 3.05) is 19.7 Å². The van der Waals surface area contributed by atoms with Crippen LogP contribution >= 0.6 is 45.2 Å². The van der Waals surface area contributed by atoms with Crippen LogP contribution in [0.25, 0.3) is 0 Å². The Kier molecular flexibility index (Phi) is 8.08. The topological polar surface area (TPSA) is 49.9 Å². The van der Waals surface area contributed by atoms with Crippen LogP contribution in [-0.4, -0.2) is 53.8 Å². The molecular weight excluding hydrogens is 613 g/mol. The van der Waals surface area contributed by atoms with Crippen molar-refractivity contribution in [3.05, 3.63) is 60.5 Å². The van der Waals surface area contributed by atoms with Crippen molar-refractivity contribution in [1.29, 1.82) is 0 Å². The van der Waals surface area contributed by atoms with Crippen molar-refractivity contribution in [2.24, 2.45) is 0 Å². The van der Waals surface area contributed by atoms with Crippen LogP contribution < -0.4 is 4.74 Å². The number of halogens is 3. The minimum absolute atomic E-state index is 0.0269. The summed E-state index contributed by atoms with van der Waals surface area (Å²) in [5.74, 6) is 0.119. The molecule has 2 aromatic rings. The molecule has 1 saturated heterocycles. The molecule has 0 aromatic heterocycles. The fourth-order valence-corrected chi connectivity index (χ4v) is 5.67. The van der Waals surface area contributed by atoms with Gasteiger partial charge in [-0.1, -0.05) is 12.1 Å². The standard InChI is InChI=1S/C22H23FI2N2O3/c1-14-10-27(15(2)9-26(14)11-16-3-5-18(23)6-4-16)21(29)13-30-22-17(12-28)7-19(24)8-20(22)25/h3-8,12,14-15H,9-11,13H2,1-2H3/t14-,15+/m1/s1. The molecule has 0 aliphatic carbocycles. The average molecular weight is 636 g/mol. The van der Waals surface area contributed by atoms with E-state index >= 15 is 0 Å². The average Bonchev–Trinajstić information content (AvgIpc) is 2.70. The van der Waals surface area contributed by atoms with Gasteiger partial charge in [-0.15, -0.1) is 0 Å². The number of hydrogen-bond donors (Lipinski definition) is 0. The minimum atomic E-state index is -0.240. The lowest BCUT2D eigenvalue weighted by molar-refractivity contribution is -0.139. The minimum Gasteiger partial charge on any atom is -0.482 e. The van der Waals surface area contributed by atoms with Gasteiger partial charge in [-0.3, -0.25) is 14.5 Å². The summed E-state index contributed by atoms with van der Waals surface area (Å²) in [5, 5.41) is 0. The summed E-state index contributed by atoms with van der Waals surface area (Å²) >= 11 is 4.26. The van der Waals surface area contributed by atoms with Crippen molar-refractivity contribution in [1.82, 2.24) is 9.80 Å². The summed E-state index contributed by atoms with van der Waals surface area (Å²) in [7, 11) is 0. The second-order valence-electron chi connectivity index (χ2n) is 7.51. The number of benzene rings is 2. The molecule has 0 saturated carbocycles. The Morgan fingerprint density at radius 3 is 2.53 bits per heavy atom. The Morgan fingerprint density at radius 1 is 1.17 bits per heavy atom. The Hall–Kier alpha value is -1.27. The Bertz CT molecular complexity index is 923. The molecule has 160 valence electrons. The predicted molar refractivity (Wildman–Crippen MR) is 130 cm³/mol. The van der Waals surface area contributed by atoms with Crippen LogP contribution in [0.1, 0.15) is 29.8 Å². The van der Waals surface area contributed by atoms with E-state index in [0.29, 0.717) is 24.4 Å². The summed E-state index contributed by atoms with van der Waals surface area (Å²) in [4.78, 5) is 28.4. The second kappa shape index (κ2) is 10.4. The highest BCUT2D eigenvalue weighted by Crippen LogP contribution is 2.27. The highest BCUT2D eigenvalue weighted by atomic mass is 127. The molecule has 30 heavy (non-hydrogen) atoms. The van der Waals surface area contributed by atoms with Gasteiger partial charge in [0.2, 0.25) is 0 Å². The van der Waals surface area contributed by atoms with E-state index < -0.39 is 0 Å². The number of carbonyl (C=O) groups is 2. The zero-order valence-corrected chi connectivity index (χ0v) is 21.1. The van der Waals surface area contributed by atoms with E-state index in [1.165, 1.54) is 12.1 Å². The Morgan fingerprint density at radius 2 is 1.87 bits per heavy atom. The molecule has 0 N–H and O–H groups in total. The lowest BCUT2D eigenvalue weighted by Crippen LogP contribution is -2.58. The first-order valence-electron chi connectivity index (χ1n) is 9.63. The van der Waals surface area contributed by atoms with Crippen molar-refractivity contribution in [3.63, 3.8) is 0 Å². The van der Waals surface area contributed by atoms with Gasteiger partial charge in [0, 0.05) is 35.3 Å². The van der Waals surface area contributed by atoms with Crippen molar-refractivity contribution in [2.45, 2.75) is 32.5 Å². The molecule has 2 aromatic carbocycles. The molecule has 2 atom stereocenters. The fourth-order valence-electron chi connectivity index (χ4n) is 3.63. The van der Waals surface area contributed by atoms with E-state index in [4.69, 9.17) is 4.74 Å². The van der Waals surface area contributed by atoms with Gasteiger partial charge in [-0.2, -0.15) is 0 Å². The number of carbonyl (C=O) groups excluding carboxylic acids is 2. The number of aldehydes is 1. The molecule has 3 rings (SSSR count). The maximum atomic E-state index is 13.1. The highest BCUT2D eigenvalue weighted by Gasteiger charge is 2.32. The number of nitrogens with zero attached hydrogens (tertiary/aromatic N) is 2. The molecule has 0 unspecified atom stereocenters. The number of hydrogen-bond acceptors (Lipinski definition) is 4. The van der Waals surface area contributed by atoms with Gasteiger partial charge in [0.1, 0.15) is 11.6 Å². The molecule has 0 radical (unpaired) electrons. The van der Waals surface area contributed by atoms with Crippen molar-refractivity contribution >= 4 is 57.4 Å². The lowest BCUT2D eigenvalue weighted by Gasteiger charge is -2.44. The van der Waals surface area contributed by atoms with Crippen LogP contribution in [0.4, 0.5) is 4.39 Å². The van der Waals surface area contributed by atoms with Gasteiger partial charge in [0.05, 0.1) is 9.13 Å². The molecule has 1 aliphatic rings. The Labute approximate surface area is 203 Å². The molecule has 8 heteroatoms. The number of ether oxygens (including phenoxy) is 1.